The predicted molar refractivity (Wildman–Crippen MR) is 116 cm³/mol. The third-order valence-electron chi connectivity index (χ3n) is 5.37. The fourth-order valence-corrected chi connectivity index (χ4v) is 3.88. The Labute approximate surface area is 177 Å². The number of benzene rings is 2. The van der Waals surface area contributed by atoms with Gasteiger partial charge >= 0.3 is 0 Å². The third kappa shape index (κ3) is 3.82. The van der Waals surface area contributed by atoms with Gasteiger partial charge in [-0.2, -0.15) is 0 Å². The van der Waals surface area contributed by atoms with Gasteiger partial charge in [0, 0.05) is 31.8 Å². The number of aryl methyl sites for hydroxylation is 1. The number of aromatic nitrogens is 3. The summed E-state index contributed by atoms with van der Waals surface area (Å²) in [6.45, 7) is 1.66. The second kappa shape index (κ2) is 8.10. The molecule has 31 heavy (non-hydrogen) atoms. The molecule has 2 aromatic carbocycles. The van der Waals surface area contributed by atoms with E-state index in [2.05, 4.69) is 14.9 Å². The van der Waals surface area contributed by atoms with Crippen LogP contribution in [0, 0.1) is 5.82 Å². The molecule has 5 aromatic rings. The molecule has 5 rings (SSSR count). The number of carbonyl (C=O) groups excluding carboxylic acids is 1. The van der Waals surface area contributed by atoms with E-state index in [0.29, 0.717) is 24.4 Å². The summed E-state index contributed by atoms with van der Waals surface area (Å²) >= 11 is 0. The van der Waals surface area contributed by atoms with E-state index in [0.717, 1.165) is 35.1 Å². The van der Waals surface area contributed by atoms with Gasteiger partial charge in [0.05, 0.1) is 29.1 Å². The number of nitrogens with one attached hydrogen (secondary N) is 1. The van der Waals surface area contributed by atoms with Gasteiger partial charge < -0.3 is 18.9 Å². The summed E-state index contributed by atoms with van der Waals surface area (Å²) in [5.41, 5.74) is 4.75. The molecule has 0 aliphatic heterocycles. The van der Waals surface area contributed by atoms with Gasteiger partial charge in [0.25, 0.3) is 5.91 Å². The van der Waals surface area contributed by atoms with Crippen molar-refractivity contribution < 1.29 is 13.6 Å². The van der Waals surface area contributed by atoms with Gasteiger partial charge in [-0.3, -0.25) is 4.79 Å². The molecule has 0 saturated carbocycles. The Morgan fingerprint density at radius 2 is 1.97 bits per heavy atom. The van der Waals surface area contributed by atoms with Crippen molar-refractivity contribution in [1.29, 1.82) is 0 Å². The van der Waals surface area contributed by atoms with Crippen molar-refractivity contribution in [2.75, 3.05) is 6.54 Å². The number of fused-ring (bicyclic) bond motifs is 2. The molecule has 3 heterocycles. The number of rotatable bonds is 7. The van der Waals surface area contributed by atoms with Crippen molar-refractivity contribution >= 4 is 28.0 Å². The van der Waals surface area contributed by atoms with Crippen molar-refractivity contribution in [2.45, 2.75) is 19.5 Å². The summed E-state index contributed by atoms with van der Waals surface area (Å²) in [6.07, 6.45) is 4.18. The molecule has 156 valence electrons. The van der Waals surface area contributed by atoms with E-state index in [9.17, 15) is 9.18 Å². The lowest BCUT2D eigenvalue weighted by Gasteiger charge is -2.11. The second-order valence-electron chi connectivity index (χ2n) is 7.45. The minimum atomic E-state index is -0.300. The highest BCUT2D eigenvalue weighted by atomic mass is 19.1. The van der Waals surface area contributed by atoms with Crippen molar-refractivity contribution in [3.05, 3.63) is 90.3 Å². The van der Waals surface area contributed by atoms with E-state index >= 15 is 0 Å². The van der Waals surface area contributed by atoms with Crippen LogP contribution in [0.1, 0.15) is 22.5 Å². The number of hydrogen-bond donors (Lipinski definition) is 1. The number of furan rings is 1. The molecule has 0 aliphatic rings. The number of imidazole rings is 1. The first-order valence-corrected chi connectivity index (χ1v) is 10.2. The molecule has 1 N–H and O–H groups in total. The fourth-order valence-electron chi connectivity index (χ4n) is 3.88. The smallest absolute Gasteiger partial charge is 0.268 e. The Kier molecular flexibility index (Phi) is 5.00. The van der Waals surface area contributed by atoms with Gasteiger partial charge in [0.1, 0.15) is 11.5 Å². The second-order valence-corrected chi connectivity index (χ2v) is 7.45. The number of carbonyl (C=O) groups is 1. The van der Waals surface area contributed by atoms with Crippen LogP contribution in [0.3, 0.4) is 0 Å². The Bertz CT molecular complexity index is 1360. The highest BCUT2D eigenvalue weighted by Crippen LogP contribution is 2.23. The predicted octanol–water partition coefficient (Wildman–Crippen LogP) is 4.59. The van der Waals surface area contributed by atoms with Crippen LogP contribution in [0.15, 0.2) is 77.7 Å². The van der Waals surface area contributed by atoms with Crippen LogP contribution in [0.2, 0.25) is 0 Å². The van der Waals surface area contributed by atoms with E-state index in [1.807, 2.05) is 47.3 Å². The highest BCUT2D eigenvalue weighted by Gasteiger charge is 2.17. The molecule has 0 aliphatic carbocycles. The lowest BCUT2D eigenvalue weighted by molar-refractivity contribution is 0.0944. The van der Waals surface area contributed by atoms with Crippen LogP contribution in [0.4, 0.5) is 4.39 Å². The van der Waals surface area contributed by atoms with Crippen LogP contribution >= 0.6 is 0 Å². The Balaban J connectivity index is 1.28. The minimum absolute atomic E-state index is 0.182. The van der Waals surface area contributed by atoms with E-state index < -0.39 is 0 Å². The Morgan fingerprint density at radius 3 is 2.87 bits per heavy atom. The Morgan fingerprint density at radius 1 is 1.06 bits per heavy atom. The van der Waals surface area contributed by atoms with E-state index in [1.165, 1.54) is 12.1 Å². The molecule has 0 saturated heterocycles. The summed E-state index contributed by atoms with van der Waals surface area (Å²) < 4.78 is 23.0. The average molecular weight is 416 g/mol. The lowest BCUT2D eigenvalue weighted by atomic mass is 10.2. The van der Waals surface area contributed by atoms with E-state index in [1.54, 1.807) is 18.4 Å². The standard InChI is InChI=1S/C24H21FN4O2/c25-18-6-3-5-17(13-18)15-29-21-9-12-31-23(21)14-22(29)24(30)26-10-4-11-28-16-27-19-7-1-2-8-20(19)28/h1-3,5-9,12-14,16H,4,10-11,15H2,(H,26,30). The zero-order valence-electron chi connectivity index (χ0n) is 16.8. The van der Waals surface area contributed by atoms with Crippen LogP contribution in [0.5, 0.6) is 0 Å². The van der Waals surface area contributed by atoms with Crippen LogP contribution in [-0.2, 0) is 13.1 Å². The summed E-state index contributed by atoms with van der Waals surface area (Å²) in [5, 5.41) is 2.99. The maximum atomic E-state index is 13.6. The zero-order valence-corrected chi connectivity index (χ0v) is 16.8. The topological polar surface area (TPSA) is 65.0 Å². The van der Waals surface area contributed by atoms with Crippen molar-refractivity contribution in [1.82, 2.24) is 19.4 Å². The quantitative estimate of drug-likeness (QED) is 0.395. The molecule has 0 spiro atoms. The third-order valence-corrected chi connectivity index (χ3v) is 5.37. The molecule has 6 nitrogen and oxygen atoms in total. The highest BCUT2D eigenvalue weighted by molar-refractivity contribution is 5.97. The van der Waals surface area contributed by atoms with Gasteiger partial charge in [-0.1, -0.05) is 24.3 Å². The van der Waals surface area contributed by atoms with E-state index in [4.69, 9.17) is 4.42 Å². The molecule has 1 amide bonds. The van der Waals surface area contributed by atoms with Crippen LogP contribution in [0.25, 0.3) is 22.1 Å². The number of nitrogens with zero attached hydrogens (tertiary/aromatic N) is 3. The SMILES string of the molecule is O=C(NCCCn1cnc2ccccc21)c1cc2occc2n1Cc1cccc(F)c1. The molecule has 0 fully saturated rings. The maximum Gasteiger partial charge on any atom is 0.268 e. The molecule has 3 aromatic heterocycles. The van der Waals surface area contributed by atoms with Gasteiger partial charge in [-0.25, -0.2) is 9.37 Å². The normalized spacial score (nSPS) is 11.4. The largest absolute Gasteiger partial charge is 0.463 e. The number of hydrogen-bond acceptors (Lipinski definition) is 3. The van der Waals surface area contributed by atoms with Crippen LogP contribution in [-0.4, -0.2) is 26.6 Å². The first-order chi connectivity index (χ1) is 15.2. The molecular formula is C24H21FN4O2. The van der Waals surface area contributed by atoms with Crippen molar-refractivity contribution in [2.24, 2.45) is 0 Å². The first-order valence-electron chi connectivity index (χ1n) is 10.2. The number of para-hydroxylation sites is 2. The van der Waals surface area contributed by atoms with Crippen molar-refractivity contribution in [3.8, 4) is 0 Å². The van der Waals surface area contributed by atoms with Crippen molar-refractivity contribution in [3.63, 3.8) is 0 Å². The number of halogens is 1. The van der Waals surface area contributed by atoms with Crippen LogP contribution < -0.4 is 5.32 Å². The fraction of sp³-hybridized carbons (Fsp3) is 0.167. The zero-order chi connectivity index (χ0) is 21.2. The summed E-state index contributed by atoms with van der Waals surface area (Å²) in [5.74, 6) is -0.482. The summed E-state index contributed by atoms with van der Waals surface area (Å²) in [4.78, 5) is 17.3. The van der Waals surface area contributed by atoms with E-state index in [-0.39, 0.29) is 11.7 Å². The monoisotopic (exact) mass is 416 g/mol. The first kappa shape index (κ1) is 19.1. The van der Waals surface area contributed by atoms with Gasteiger partial charge in [0.2, 0.25) is 0 Å². The minimum Gasteiger partial charge on any atom is -0.463 e. The van der Waals surface area contributed by atoms with Gasteiger partial charge in [-0.05, 0) is 36.2 Å². The Hall–Kier alpha value is -3.87. The molecule has 0 bridgehead atoms. The maximum absolute atomic E-state index is 13.6. The average Bonchev–Trinajstić information content (AvgIpc) is 3.47. The number of amides is 1. The lowest BCUT2D eigenvalue weighted by Crippen LogP contribution is -2.27. The molecule has 7 heteroatoms. The van der Waals surface area contributed by atoms with Gasteiger partial charge in [0.15, 0.2) is 5.58 Å². The molecule has 0 unspecified atom stereocenters. The molecule has 0 atom stereocenters. The molecular weight excluding hydrogens is 395 g/mol. The summed E-state index contributed by atoms with van der Waals surface area (Å²) in [6, 6.07) is 17.9. The molecule has 0 radical (unpaired) electrons. The summed E-state index contributed by atoms with van der Waals surface area (Å²) in [7, 11) is 0. The van der Waals surface area contributed by atoms with Gasteiger partial charge in [-0.15, -0.1) is 0 Å².